The Kier molecular flexibility index (Phi) is 5.23. The van der Waals surface area contributed by atoms with E-state index in [1.165, 1.54) is 12.3 Å². The molecular formula is C20H14Br2N2O4. The molecule has 3 aromatic carbocycles. The molecule has 0 fully saturated rings. The summed E-state index contributed by atoms with van der Waals surface area (Å²) in [6.45, 7) is 0.0927. The quantitative estimate of drug-likeness (QED) is 0.409. The number of benzene rings is 3. The van der Waals surface area contributed by atoms with E-state index in [1.54, 1.807) is 6.07 Å². The van der Waals surface area contributed by atoms with Crippen LogP contribution in [0.4, 0.5) is 0 Å². The van der Waals surface area contributed by atoms with Crippen LogP contribution in [0.25, 0.3) is 10.8 Å². The van der Waals surface area contributed by atoms with Crippen LogP contribution in [0, 0.1) is 0 Å². The van der Waals surface area contributed by atoms with Crippen molar-refractivity contribution in [2.24, 2.45) is 5.10 Å². The lowest BCUT2D eigenvalue weighted by atomic mass is 10.1. The number of carbonyl (C=O) groups is 1. The van der Waals surface area contributed by atoms with Gasteiger partial charge in [-0.3, -0.25) is 4.79 Å². The van der Waals surface area contributed by atoms with E-state index in [0.29, 0.717) is 26.0 Å². The zero-order valence-electron chi connectivity index (χ0n) is 14.4. The normalized spacial score (nSPS) is 15.7. The minimum atomic E-state index is -0.812. The number of phenolic OH excluding ortho intramolecular Hbond substituents is 1. The number of halogens is 2. The Hall–Kier alpha value is -2.58. The molecule has 1 atom stereocenters. The van der Waals surface area contributed by atoms with Gasteiger partial charge < -0.3 is 14.6 Å². The van der Waals surface area contributed by atoms with Crippen molar-refractivity contribution in [3.05, 3.63) is 63.0 Å². The molecule has 0 aliphatic carbocycles. The molecule has 1 aliphatic rings. The van der Waals surface area contributed by atoms with E-state index in [0.717, 1.165) is 10.8 Å². The molecule has 6 nitrogen and oxygen atoms in total. The Morgan fingerprint density at radius 1 is 1.11 bits per heavy atom. The summed E-state index contributed by atoms with van der Waals surface area (Å²) in [6.07, 6.45) is 0.617. The van der Waals surface area contributed by atoms with Gasteiger partial charge in [0.2, 0.25) is 6.10 Å². The zero-order chi connectivity index (χ0) is 19.7. The van der Waals surface area contributed by atoms with Crippen LogP contribution in [0.15, 0.2) is 62.6 Å². The van der Waals surface area contributed by atoms with Crippen molar-refractivity contribution in [3.63, 3.8) is 0 Å². The van der Waals surface area contributed by atoms with Crippen molar-refractivity contribution in [2.75, 3.05) is 6.61 Å². The number of ether oxygens (including phenoxy) is 2. The molecule has 2 N–H and O–H groups in total. The Bertz CT molecular complexity index is 1100. The van der Waals surface area contributed by atoms with Crippen LogP contribution in [0.1, 0.15) is 5.56 Å². The highest BCUT2D eigenvalue weighted by Gasteiger charge is 2.27. The summed E-state index contributed by atoms with van der Waals surface area (Å²) in [5.74, 6) is 0.784. The molecule has 0 spiro atoms. The van der Waals surface area contributed by atoms with Crippen LogP contribution in [-0.4, -0.2) is 29.9 Å². The number of aromatic hydroxyl groups is 1. The number of amides is 1. The number of hydrogen-bond acceptors (Lipinski definition) is 5. The SMILES string of the molecule is O=C(NN=Cc1cc(O)c(Br)cc1Br)C1COc2cc3ccccc3cc2O1. The van der Waals surface area contributed by atoms with E-state index in [9.17, 15) is 9.90 Å². The van der Waals surface area contributed by atoms with Gasteiger partial charge in [0.1, 0.15) is 12.4 Å². The summed E-state index contributed by atoms with van der Waals surface area (Å²) in [7, 11) is 0. The average molecular weight is 506 g/mol. The molecule has 1 unspecified atom stereocenters. The fourth-order valence-corrected chi connectivity index (χ4v) is 3.87. The fourth-order valence-electron chi connectivity index (χ4n) is 2.78. The van der Waals surface area contributed by atoms with Gasteiger partial charge in [0, 0.05) is 10.0 Å². The third-order valence-corrected chi connectivity index (χ3v) is 5.53. The van der Waals surface area contributed by atoms with Gasteiger partial charge in [-0.15, -0.1) is 0 Å². The minimum absolute atomic E-state index is 0.0730. The maximum Gasteiger partial charge on any atom is 0.284 e. The van der Waals surface area contributed by atoms with Gasteiger partial charge >= 0.3 is 0 Å². The fraction of sp³-hybridized carbons (Fsp3) is 0.100. The minimum Gasteiger partial charge on any atom is -0.507 e. The second-order valence-corrected chi connectivity index (χ2v) is 7.83. The number of rotatable bonds is 3. The Balaban J connectivity index is 1.45. The lowest BCUT2D eigenvalue weighted by Gasteiger charge is -2.25. The number of carbonyl (C=O) groups excluding carboxylic acids is 1. The topological polar surface area (TPSA) is 80.2 Å². The van der Waals surface area contributed by atoms with Crippen LogP contribution in [0.3, 0.4) is 0 Å². The molecule has 0 saturated heterocycles. The van der Waals surface area contributed by atoms with E-state index >= 15 is 0 Å². The first-order valence-electron chi connectivity index (χ1n) is 8.34. The third-order valence-electron chi connectivity index (χ3n) is 4.21. The molecule has 4 rings (SSSR count). The van der Waals surface area contributed by atoms with Gasteiger partial charge in [-0.2, -0.15) is 5.10 Å². The standard InChI is InChI=1S/C20H14Br2N2O4/c21-14-8-15(22)16(25)5-13(14)9-23-24-20(26)19-10-27-17-6-11-3-1-2-4-12(11)7-18(17)28-19/h1-9,19,25H,10H2,(H,24,26). The zero-order valence-corrected chi connectivity index (χ0v) is 17.5. The van der Waals surface area contributed by atoms with Gasteiger partial charge in [-0.1, -0.05) is 40.2 Å². The lowest BCUT2D eigenvalue weighted by Crippen LogP contribution is -2.42. The van der Waals surface area contributed by atoms with Crippen molar-refractivity contribution in [1.29, 1.82) is 0 Å². The summed E-state index contributed by atoms with van der Waals surface area (Å²) in [5.41, 5.74) is 3.05. The Labute approximate surface area is 177 Å². The Morgan fingerprint density at radius 3 is 2.57 bits per heavy atom. The average Bonchev–Trinajstić information content (AvgIpc) is 2.69. The number of nitrogens with zero attached hydrogens (tertiary/aromatic N) is 1. The van der Waals surface area contributed by atoms with Crippen molar-refractivity contribution in [3.8, 4) is 17.2 Å². The molecule has 0 saturated carbocycles. The highest BCUT2D eigenvalue weighted by Crippen LogP contribution is 2.36. The van der Waals surface area contributed by atoms with Gasteiger partial charge in [0.05, 0.1) is 10.7 Å². The van der Waals surface area contributed by atoms with Gasteiger partial charge in [0.25, 0.3) is 5.91 Å². The van der Waals surface area contributed by atoms with E-state index in [1.807, 2.05) is 36.4 Å². The molecule has 1 aliphatic heterocycles. The summed E-state index contributed by atoms with van der Waals surface area (Å²) in [5, 5.41) is 15.7. The summed E-state index contributed by atoms with van der Waals surface area (Å²) in [4.78, 5) is 12.4. The predicted octanol–water partition coefficient (Wildman–Crippen LogP) is 4.36. The summed E-state index contributed by atoms with van der Waals surface area (Å²) >= 11 is 6.60. The molecule has 28 heavy (non-hydrogen) atoms. The number of phenols is 1. The van der Waals surface area contributed by atoms with Crippen LogP contribution in [-0.2, 0) is 4.79 Å². The molecule has 1 amide bonds. The first-order valence-corrected chi connectivity index (χ1v) is 9.93. The largest absolute Gasteiger partial charge is 0.507 e. The molecule has 8 heteroatoms. The first kappa shape index (κ1) is 18.8. The monoisotopic (exact) mass is 504 g/mol. The van der Waals surface area contributed by atoms with Crippen molar-refractivity contribution < 1.29 is 19.4 Å². The maximum absolute atomic E-state index is 12.4. The molecule has 0 aromatic heterocycles. The number of fused-ring (bicyclic) bond motifs is 2. The molecule has 0 bridgehead atoms. The van der Waals surface area contributed by atoms with Gasteiger partial charge in [0.15, 0.2) is 11.5 Å². The highest BCUT2D eigenvalue weighted by atomic mass is 79.9. The maximum atomic E-state index is 12.4. The van der Waals surface area contributed by atoms with Crippen molar-refractivity contribution in [2.45, 2.75) is 6.10 Å². The molecule has 0 radical (unpaired) electrons. The van der Waals surface area contributed by atoms with Gasteiger partial charge in [-0.05, 0) is 51.0 Å². The van der Waals surface area contributed by atoms with E-state index in [-0.39, 0.29) is 12.4 Å². The molecule has 142 valence electrons. The lowest BCUT2D eigenvalue weighted by molar-refractivity contribution is -0.130. The van der Waals surface area contributed by atoms with Crippen LogP contribution >= 0.6 is 31.9 Å². The molecule has 1 heterocycles. The highest BCUT2D eigenvalue weighted by molar-refractivity contribution is 9.11. The molecule has 3 aromatic rings. The van der Waals surface area contributed by atoms with Crippen molar-refractivity contribution in [1.82, 2.24) is 5.43 Å². The third kappa shape index (κ3) is 3.83. The van der Waals surface area contributed by atoms with Gasteiger partial charge in [-0.25, -0.2) is 5.43 Å². The number of hydrogen-bond donors (Lipinski definition) is 2. The summed E-state index contributed by atoms with van der Waals surface area (Å²) in [6, 6.07) is 14.8. The van der Waals surface area contributed by atoms with E-state index < -0.39 is 12.0 Å². The smallest absolute Gasteiger partial charge is 0.284 e. The van der Waals surface area contributed by atoms with Crippen molar-refractivity contribution >= 4 is 54.8 Å². The Morgan fingerprint density at radius 2 is 1.82 bits per heavy atom. The number of hydrazone groups is 1. The van der Waals surface area contributed by atoms with Crippen LogP contribution < -0.4 is 14.9 Å². The van der Waals surface area contributed by atoms with Crippen LogP contribution in [0.2, 0.25) is 0 Å². The molecular weight excluding hydrogens is 492 g/mol. The predicted molar refractivity (Wildman–Crippen MR) is 113 cm³/mol. The second kappa shape index (κ2) is 7.81. The van der Waals surface area contributed by atoms with E-state index in [4.69, 9.17) is 9.47 Å². The summed E-state index contributed by atoms with van der Waals surface area (Å²) < 4.78 is 12.8. The second-order valence-electron chi connectivity index (χ2n) is 6.12. The van der Waals surface area contributed by atoms with E-state index in [2.05, 4.69) is 42.4 Å². The first-order chi connectivity index (χ1) is 13.5. The number of nitrogens with one attached hydrogen (secondary N) is 1. The van der Waals surface area contributed by atoms with Crippen LogP contribution in [0.5, 0.6) is 17.2 Å².